The second-order valence-electron chi connectivity index (χ2n) is 8.31. The van der Waals surface area contributed by atoms with Crippen molar-refractivity contribution < 1.29 is 9.21 Å². The van der Waals surface area contributed by atoms with Crippen LogP contribution < -0.4 is 5.32 Å². The molecule has 1 amide bonds. The molecule has 2 aromatic carbocycles. The number of furan rings is 1. The molecular formula is C26H24ClN3O2. The van der Waals surface area contributed by atoms with E-state index in [1.165, 1.54) is 11.1 Å². The SMILES string of the molecule is Cc1ccc(CNC(=O)c2oc3c(c2C)-c2nn(Cc4ccccc4Cl)cc2CC3)cc1. The second kappa shape index (κ2) is 8.32. The van der Waals surface area contributed by atoms with E-state index in [9.17, 15) is 4.79 Å². The fourth-order valence-corrected chi connectivity index (χ4v) is 4.43. The largest absolute Gasteiger partial charge is 0.455 e. The molecule has 0 saturated carbocycles. The first-order chi connectivity index (χ1) is 15.5. The zero-order valence-electron chi connectivity index (χ0n) is 18.1. The van der Waals surface area contributed by atoms with Gasteiger partial charge in [-0.2, -0.15) is 5.10 Å². The maximum Gasteiger partial charge on any atom is 0.287 e. The van der Waals surface area contributed by atoms with Crippen LogP contribution in [-0.2, 0) is 25.9 Å². The molecular weight excluding hydrogens is 422 g/mol. The number of aromatic nitrogens is 2. The average molecular weight is 446 g/mol. The summed E-state index contributed by atoms with van der Waals surface area (Å²) in [6.07, 6.45) is 3.67. The predicted molar refractivity (Wildman–Crippen MR) is 125 cm³/mol. The van der Waals surface area contributed by atoms with E-state index in [4.69, 9.17) is 21.1 Å². The summed E-state index contributed by atoms with van der Waals surface area (Å²) in [6, 6.07) is 15.9. The minimum Gasteiger partial charge on any atom is -0.455 e. The predicted octanol–water partition coefficient (Wildman–Crippen LogP) is 5.49. The minimum absolute atomic E-state index is 0.200. The molecule has 1 aliphatic carbocycles. The quantitative estimate of drug-likeness (QED) is 0.442. The van der Waals surface area contributed by atoms with Crippen LogP contribution in [0.25, 0.3) is 11.3 Å². The van der Waals surface area contributed by atoms with Gasteiger partial charge in [0.2, 0.25) is 0 Å². The second-order valence-corrected chi connectivity index (χ2v) is 8.72. The average Bonchev–Trinajstić information content (AvgIpc) is 3.35. The van der Waals surface area contributed by atoms with Gasteiger partial charge < -0.3 is 9.73 Å². The molecule has 162 valence electrons. The molecule has 6 heteroatoms. The van der Waals surface area contributed by atoms with Crippen molar-refractivity contribution in [3.63, 3.8) is 0 Å². The molecule has 2 aromatic heterocycles. The van der Waals surface area contributed by atoms with Crippen LogP contribution in [-0.4, -0.2) is 15.7 Å². The van der Waals surface area contributed by atoms with Crippen LogP contribution in [0, 0.1) is 13.8 Å². The van der Waals surface area contributed by atoms with Gasteiger partial charge in [-0.25, -0.2) is 0 Å². The number of fused-ring (bicyclic) bond motifs is 3. The van der Waals surface area contributed by atoms with E-state index in [0.29, 0.717) is 18.8 Å². The van der Waals surface area contributed by atoms with Crippen LogP contribution in [0.2, 0.25) is 5.02 Å². The van der Waals surface area contributed by atoms with Crippen molar-refractivity contribution in [1.82, 2.24) is 15.1 Å². The summed E-state index contributed by atoms with van der Waals surface area (Å²) in [4.78, 5) is 12.9. The van der Waals surface area contributed by atoms with Gasteiger partial charge in [-0.1, -0.05) is 59.6 Å². The Morgan fingerprint density at radius 2 is 1.91 bits per heavy atom. The number of hydrogen-bond donors (Lipinski definition) is 1. The van der Waals surface area contributed by atoms with Gasteiger partial charge in [0.05, 0.1) is 12.2 Å². The summed E-state index contributed by atoms with van der Waals surface area (Å²) in [5.41, 5.74) is 7.12. The van der Waals surface area contributed by atoms with Gasteiger partial charge in [0.25, 0.3) is 5.91 Å². The Balaban J connectivity index is 1.39. The summed E-state index contributed by atoms with van der Waals surface area (Å²) in [5.74, 6) is 1.00. The first-order valence-corrected chi connectivity index (χ1v) is 11.1. The summed E-state index contributed by atoms with van der Waals surface area (Å²) in [7, 11) is 0. The highest BCUT2D eigenvalue weighted by atomic mass is 35.5. The number of nitrogens with zero attached hydrogens (tertiary/aromatic N) is 2. The van der Waals surface area contributed by atoms with Crippen LogP contribution in [0.5, 0.6) is 0 Å². The number of nitrogens with one attached hydrogen (secondary N) is 1. The van der Waals surface area contributed by atoms with Crippen molar-refractivity contribution in [2.45, 2.75) is 39.8 Å². The van der Waals surface area contributed by atoms with Crippen molar-refractivity contribution in [1.29, 1.82) is 0 Å². The summed E-state index contributed by atoms with van der Waals surface area (Å²) in [6.45, 7) is 5.04. The van der Waals surface area contributed by atoms with Gasteiger partial charge in [-0.3, -0.25) is 9.48 Å². The number of carbonyl (C=O) groups excluding carboxylic acids is 1. The molecule has 2 heterocycles. The summed E-state index contributed by atoms with van der Waals surface area (Å²) >= 11 is 6.33. The summed E-state index contributed by atoms with van der Waals surface area (Å²) in [5, 5.41) is 8.54. The monoisotopic (exact) mass is 445 g/mol. The van der Waals surface area contributed by atoms with Crippen LogP contribution >= 0.6 is 11.6 Å². The highest BCUT2D eigenvalue weighted by molar-refractivity contribution is 6.31. The number of halogens is 1. The molecule has 5 rings (SSSR count). The van der Waals surface area contributed by atoms with Crippen LogP contribution in [0.3, 0.4) is 0 Å². The van der Waals surface area contributed by atoms with E-state index in [0.717, 1.165) is 51.6 Å². The van der Waals surface area contributed by atoms with Gasteiger partial charge in [0.15, 0.2) is 5.76 Å². The third-order valence-corrected chi connectivity index (χ3v) is 6.35. The molecule has 0 fully saturated rings. The maximum absolute atomic E-state index is 12.9. The van der Waals surface area contributed by atoms with Crippen molar-refractivity contribution in [2.75, 3.05) is 0 Å². The maximum atomic E-state index is 12.9. The van der Waals surface area contributed by atoms with Crippen molar-refractivity contribution >= 4 is 17.5 Å². The molecule has 0 spiro atoms. The van der Waals surface area contributed by atoms with Crippen LogP contribution in [0.4, 0.5) is 0 Å². The molecule has 32 heavy (non-hydrogen) atoms. The lowest BCUT2D eigenvalue weighted by Crippen LogP contribution is -2.23. The Morgan fingerprint density at radius 1 is 1.12 bits per heavy atom. The molecule has 4 aromatic rings. The van der Waals surface area contributed by atoms with Gasteiger partial charge in [0.1, 0.15) is 5.76 Å². The molecule has 0 atom stereocenters. The zero-order valence-corrected chi connectivity index (χ0v) is 18.9. The van der Waals surface area contributed by atoms with Crippen LogP contribution in [0.15, 0.2) is 59.1 Å². The van der Waals surface area contributed by atoms with Crippen molar-refractivity contribution in [3.8, 4) is 11.3 Å². The van der Waals surface area contributed by atoms with Crippen molar-refractivity contribution in [3.05, 3.63) is 99.1 Å². The molecule has 5 nitrogen and oxygen atoms in total. The van der Waals surface area contributed by atoms with E-state index < -0.39 is 0 Å². The van der Waals surface area contributed by atoms with Crippen molar-refractivity contribution in [2.24, 2.45) is 0 Å². The standard InChI is InChI=1S/C26H24ClN3O2/c1-16-7-9-18(10-8-16)13-28-26(31)25-17(2)23-22(32-25)12-11-20-15-30(29-24(20)23)14-19-5-3-4-6-21(19)27/h3-10,15H,11-14H2,1-2H3,(H,28,31). The highest BCUT2D eigenvalue weighted by Gasteiger charge is 2.29. The lowest BCUT2D eigenvalue weighted by molar-refractivity contribution is 0.0920. The van der Waals surface area contributed by atoms with Gasteiger partial charge >= 0.3 is 0 Å². The summed E-state index contributed by atoms with van der Waals surface area (Å²) < 4.78 is 7.95. The van der Waals surface area contributed by atoms with E-state index >= 15 is 0 Å². The third kappa shape index (κ3) is 3.84. The fraction of sp³-hybridized carbons (Fsp3) is 0.231. The van der Waals surface area contributed by atoms with E-state index in [1.807, 2.05) is 67.1 Å². The fourth-order valence-electron chi connectivity index (χ4n) is 4.23. The molecule has 1 aliphatic rings. The Labute approximate surface area is 192 Å². The minimum atomic E-state index is -0.200. The molecule has 0 aliphatic heterocycles. The van der Waals surface area contributed by atoms with Gasteiger partial charge in [-0.15, -0.1) is 0 Å². The number of aryl methyl sites for hydroxylation is 3. The van der Waals surface area contributed by atoms with E-state index in [-0.39, 0.29) is 5.91 Å². The Bertz CT molecular complexity index is 1300. The third-order valence-electron chi connectivity index (χ3n) is 5.99. The molecule has 0 radical (unpaired) electrons. The molecule has 0 saturated heterocycles. The topological polar surface area (TPSA) is 60.1 Å². The smallest absolute Gasteiger partial charge is 0.287 e. The first kappa shape index (κ1) is 20.6. The lowest BCUT2D eigenvalue weighted by atomic mass is 9.93. The van der Waals surface area contributed by atoms with Gasteiger partial charge in [0, 0.05) is 35.3 Å². The molecule has 0 unspecified atom stereocenters. The Morgan fingerprint density at radius 3 is 2.69 bits per heavy atom. The zero-order chi connectivity index (χ0) is 22.2. The lowest BCUT2D eigenvalue weighted by Gasteiger charge is -2.09. The number of hydrogen-bond acceptors (Lipinski definition) is 3. The molecule has 1 N–H and O–H groups in total. The van der Waals surface area contributed by atoms with Gasteiger partial charge in [-0.05, 0) is 43.0 Å². The first-order valence-electron chi connectivity index (χ1n) is 10.8. The Kier molecular flexibility index (Phi) is 5.35. The normalized spacial score (nSPS) is 12.3. The molecule has 0 bridgehead atoms. The number of carbonyl (C=O) groups is 1. The van der Waals surface area contributed by atoms with E-state index in [1.54, 1.807) is 0 Å². The van der Waals surface area contributed by atoms with Crippen LogP contribution in [0.1, 0.15) is 44.1 Å². The number of rotatable bonds is 5. The number of benzene rings is 2. The highest BCUT2D eigenvalue weighted by Crippen LogP contribution is 2.38. The van der Waals surface area contributed by atoms with E-state index in [2.05, 4.69) is 11.5 Å². The number of amides is 1. The Hall–Kier alpha value is -3.31.